The second-order valence-corrected chi connectivity index (χ2v) is 8.53. The summed E-state index contributed by atoms with van der Waals surface area (Å²) in [5.74, 6) is 1.28. The lowest BCUT2D eigenvalue weighted by molar-refractivity contribution is 0.0504. The Bertz CT molecular complexity index is 1280. The van der Waals surface area contributed by atoms with Gasteiger partial charge in [-0.15, -0.1) is 0 Å². The van der Waals surface area contributed by atoms with Crippen LogP contribution in [0.25, 0.3) is 10.9 Å². The molecule has 0 amide bonds. The first kappa shape index (κ1) is 20.6. The molecule has 3 N–H and O–H groups in total. The number of anilines is 1. The minimum Gasteiger partial charge on any atom is -0.493 e. The highest BCUT2D eigenvalue weighted by molar-refractivity contribution is 6.31. The molecule has 0 radical (unpaired) electrons. The molecule has 0 spiro atoms. The van der Waals surface area contributed by atoms with E-state index < -0.39 is 6.10 Å². The molecule has 2 unspecified atom stereocenters. The van der Waals surface area contributed by atoms with Crippen molar-refractivity contribution in [3.63, 3.8) is 0 Å². The molecule has 5 rings (SSSR count). The van der Waals surface area contributed by atoms with Crippen LogP contribution in [0.5, 0.6) is 11.5 Å². The van der Waals surface area contributed by atoms with Crippen molar-refractivity contribution in [2.75, 3.05) is 12.3 Å². The van der Waals surface area contributed by atoms with Crippen molar-refractivity contribution in [1.29, 1.82) is 0 Å². The molecule has 2 atom stereocenters. The fourth-order valence-corrected chi connectivity index (χ4v) is 4.25. The van der Waals surface area contributed by atoms with Gasteiger partial charge in [-0.1, -0.05) is 35.9 Å². The second-order valence-electron chi connectivity index (χ2n) is 8.09. The lowest BCUT2D eigenvalue weighted by atomic mass is 9.88. The highest BCUT2D eigenvalue weighted by atomic mass is 35.5. The van der Waals surface area contributed by atoms with E-state index in [1.807, 2.05) is 72.8 Å². The Morgan fingerprint density at radius 1 is 1.06 bits per heavy atom. The van der Waals surface area contributed by atoms with Gasteiger partial charge in [0.2, 0.25) is 0 Å². The molecule has 0 aliphatic carbocycles. The second kappa shape index (κ2) is 8.69. The predicted octanol–water partition coefficient (Wildman–Crippen LogP) is 5.33. The van der Waals surface area contributed by atoms with Crippen molar-refractivity contribution < 1.29 is 14.6 Å². The van der Waals surface area contributed by atoms with Gasteiger partial charge in [-0.3, -0.25) is 0 Å². The third kappa shape index (κ3) is 4.35. The van der Waals surface area contributed by atoms with E-state index in [2.05, 4.69) is 4.98 Å². The lowest BCUT2D eigenvalue weighted by Gasteiger charge is -2.30. The van der Waals surface area contributed by atoms with Gasteiger partial charge in [0.15, 0.2) is 0 Å². The molecular formula is C26H23ClN2O3. The maximum absolute atomic E-state index is 11.0. The van der Waals surface area contributed by atoms with Crippen LogP contribution in [0, 0.1) is 5.92 Å². The van der Waals surface area contributed by atoms with Crippen molar-refractivity contribution in [3.05, 3.63) is 94.6 Å². The molecule has 32 heavy (non-hydrogen) atoms. The SMILES string of the molecule is Nc1cccc(CC2COc3ccc(OCc4ccc5ccc(Cl)cc5n4)cc3C2O)c1. The quantitative estimate of drug-likeness (QED) is 0.405. The van der Waals surface area contributed by atoms with Gasteiger partial charge in [0.1, 0.15) is 18.1 Å². The first-order valence-electron chi connectivity index (χ1n) is 10.5. The van der Waals surface area contributed by atoms with Crippen LogP contribution in [0.1, 0.15) is 22.9 Å². The van der Waals surface area contributed by atoms with Crippen molar-refractivity contribution in [3.8, 4) is 11.5 Å². The van der Waals surface area contributed by atoms with E-state index in [0.29, 0.717) is 36.2 Å². The topological polar surface area (TPSA) is 77.6 Å². The maximum atomic E-state index is 11.0. The minimum absolute atomic E-state index is 0.0635. The number of nitrogens with zero attached hydrogens (tertiary/aromatic N) is 1. The molecule has 6 heteroatoms. The average molecular weight is 447 g/mol. The number of nitrogen functional groups attached to an aromatic ring is 1. The Balaban J connectivity index is 1.31. The van der Waals surface area contributed by atoms with Gasteiger partial charge >= 0.3 is 0 Å². The van der Waals surface area contributed by atoms with Crippen molar-refractivity contribution in [1.82, 2.24) is 4.98 Å². The highest BCUT2D eigenvalue weighted by Crippen LogP contribution is 2.39. The zero-order valence-electron chi connectivity index (χ0n) is 17.4. The van der Waals surface area contributed by atoms with E-state index in [-0.39, 0.29) is 5.92 Å². The minimum atomic E-state index is -0.648. The number of aliphatic hydroxyl groups excluding tert-OH is 1. The summed E-state index contributed by atoms with van der Waals surface area (Å²) in [6.45, 7) is 0.762. The third-order valence-corrected chi connectivity index (χ3v) is 5.98. The number of hydrogen-bond donors (Lipinski definition) is 2. The largest absolute Gasteiger partial charge is 0.493 e. The molecule has 1 aliphatic rings. The number of aliphatic hydroxyl groups is 1. The fourth-order valence-electron chi connectivity index (χ4n) is 4.08. The standard InChI is InChI=1S/C26H23ClN2O3/c27-19-6-4-17-5-7-21(29-24(17)12-19)15-31-22-8-9-25-23(13-22)26(30)18(14-32-25)10-16-2-1-3-20(28)11-16/h1-9,11-13,18,26,30H,10,14-15,28H2. The molecule has 5 nitrogen and oxygen atoms in total. The fraction of sp³-hybridized carbons (Fsp3) is 0.192. The van der Waals surface area contributed by atoms with Gasteiger partial charge in [0, 0.05) is 27.6 Å². The number of fused-ring (bicyclic) bond motifs is 2. The summed E-state index contributed by atoms with van der Waals surface area (Å²) < 4.78 is 11.9. The molecule has 4 aromatic rings. The maximum Gasteiger partial charge on any atom is 0.130 e. The van der Waals surface area contributed by atoms with Crippen molar-refractivity contribution >= 4 is 28.2 Å². The molecule has 2 heterocycles. The Morgan fingerprint density at radius 2 is 1.94 bits per heavy atom. The third-order valence-electron chi connectivity index (χ3n) is 5.75. The molecule has 1 aromatic heterocycles. The van der Waals surface area contributed by atoms with Crippen LogP contribution in [0.2, 0.25) is 5.02 Å². The molecule has 0 bridgehead atoms. The molecular weight excluding hydrogens is 424 g/mol. The number of rotatable bonds is 5. The van der Waals surface area contributed by atoms with Gasteiger partial charge < -0.3 is 20.3 Å². The monoisotopic (exact) mass is 446 g/mol. The number of aromatic nitrogens is 1. The number of ether oxygens (including phenoxy) is 2. The average Bonchev–Trinajstić information content (AvgIpc) is 2.79. The van der Waals surface area contributed by atoms with Crippen LogP contribution >= 0.6 is 11.6 Å². The summed E-state index contributed by atoms with van der Waals surface area (Å²) in [7, 11) is 0. The van der Waals surface area contributed by atoms with Gasteiger partial charge in [-0.2, -0.15) is 0 Å². The zero-order chi connectivity index (χ0) is 22.1. The van der Waals surface area contributed by atoms with Crippen LogP contribution in [0.4, 0.5) is 5.69 Å². The molecule has 1 aliphatic heterocycles. The summed E-state index contributed by atoms with van der Waals surface area (Å²) in [6, 6.07) is 22.9. The Kier molecular flexibility index (Phi) is 5.60. The van der Waals surface area contributed by atoms with Crippen LogP contribution in [-0.2, 0) is 13.0 Å². The van der Waals surface area contributed by atoms with E-state index in [1.54, 1.807) is 0 Å². The van der Waals surface area contributed by atoms with Gasteiger partial charge in [0.05, 0.1) is 23.9 Å². The zero-order valence-corrected chi connectivity index (χ0v) is 18.1. The summed E-state index contributed by atoms with van der Waals surface area (Å²) in [4.78, 5) is 4.63. The normalized spacial score (nSPS) is 17.6. The van der Waals surface area contributed by atoms with Gasteiger partial charge in [0.25, 0.3) is 0 Å². The summed E-state index contributed by atoms with van der Waals surface area (Å²) in [5, 5.41) is 12.7. The van der Waals surface area contributed by atoms with Gasteiger partial charge in [-0.05, 0) is 60.5 Å². The van der Waals surface area contributed by atoms with Crippen LogP contribution in [-0.4, -0.2) is 16.7 Å². The van der Waals surface area contributed by atoms with E-state index in [0.717, 1.165) is 33.4 Å². The molecule has 3 aromatic carbocycles. The first-order valence-corrected chi connectivity index (χ1v) is 10.9. The van der Waals surface area contributed by atoms with Crippen molar-refractivity contribution in [2.24, 2.45) is 5.92 Å². The molecule has 0 saturated heterocycles. The number of hydrogen-bond acceptors (Lipinski definition) is 5. The lowest BCUT2D eigenvalue weighted by Crippen LogP contribution is -2.27. The van der Waals surface area contributed by atoms with E-state index in [1.165, 1.54) is 0 Å². The Morgan fingerprint density at radius 3 is 2.81 bits per heavy atom. The van der Waals surface area contributed by atoms with E-state index in [4.69, 9.17) is 26.8 Å². The number of halogens is 1. The van der Waals surface area contributed by atoms with E-state index >= 15 is 0 Å². The number of nitrogens with two attached hydrogens (primary N) is 1. The van der Waals surface area contributed by atoms with Crippen LogP contribution in [0.3, 0.4) is 0 Å². The first-order chi connectivity index (χ1) is 15.5. The predicted molar refractivity (Wildman–Crippen MR) is 126 cm³/mol. The highest BCUT2D eigenvalue weighted by Gasteiger charge is 2.30. The molecule has 162 valence electrons. The number of benzene rings is 3. The van der Waals surface area contributed by atoms with E-state index in [9.17, 15) is 5.11 Å². The summed E-state index contributed by atoms with van der Waals surface area (Å²) in [5.41, 5.74) is 10.1. The smallest absolute Gasteiger partial charge is 0.130 e. The summed E-state index contributed by atoms with van der Waals surface area (Å²) in [6.07, 6.45) is 0.0324. The molecule has 0 saturated carbocycles. The summed E-state index contributed by atoms with van der Waals surface area (Å²) >= 11 is 6.08. The molecule has 0 fully saturated rings. The van der Waals surface area contributed by atoms with Gasteiger partial charge in [-0.25, -0.2) is 4.98 Å². The Labute approximate surface area is 191 Å². The van der Waals surface area contributed by atoms with Crippen LogP contribution in [0.15, 0.2) is 72.8 Å². The number of pyridine rings is 1. The van der Waals surface area contributed by atoms with Crippen molar-refractivity contribution in [2.45, 2.75) is 19.1 Å². The Hall–Kier alpha value is -3.28. The van der Waals surface area contributed by atoms with Crippen LogP contribution < -0.4 is 15.2 Å².